The lowest BCUT2D eigenvalue weighted by Crippen LogP contribution is -2.15. The van der Waals surface area contributed by atoms with E-state index in [0.29, 0.717) is 6.54 Å². The first kappa shape index (κ1) is 12.8. The number of benzene rings is 1. The third-order valence-corrected chi connectivity index (χ3v) is 3.11. The quantitative estimate of drug-likeness (QED) is 0.886. The van der Waals surface area contributed by atoms with Crippen molar-refractivity contribution in [3.05, 3.63) is 21.1 Å². The van der Waals surface area contributed by atoms with Crippen molar-refractivity contribution < 1.29 is 9.84 Å². The van der Waals surface area contributed by atoms with E-state index in [4.69, 9.17) is 9.84 Å². The minimum Gasteiger partial charge on any atom is -0.495 e. The predicted octanol–water partition coefficient (Wildman–Crippen LogP) is 3.01. The van der Waals surface area contributed by atoms with E-state index in [0.717, 1.165) is 20.4 Å². The Bertz CT molecular complexity index is 342. The largest absolute Gasteiger partial charge is 0.495 e. The number of rotatable bonds is 4. The van der Waals surface area contributed by atoms with E-state index in [-0.39, 0.29) is 6.10 Å². The van der Waals surface area contributed by atoms with Gasteiger partial charge in [-0.3, -0.25) is 0 Å². The lowest BCUT2D eigenvalue weighted by Gasteiger charge is -2.12. The summed E-state index contributed by atoms with van der Waals surface area (Å²) in [6, 6.07) is 3.78. The van der Waals surface area contributed by atoms with Crippen molar-refractivity contribution in [2.45, 2.75) is 13.0 Å². The molecule has 0 fully saturated rings. The number of hydrogen-bond donors (Lipinski definition) is 2. The molecular weight excluding hydrogens is 326 g/mol. The maximum atomic E-state index is 9.17. The molecule has 0 aliphatic carbocycles. The van der Waals surface area contributed by atoms with Gasteiger partial charge in [0, 0.05) is 17.1 Å². The third kappa shape index (κ3) is 3.66. The molecule has 0 heterocycles. The molecular formula is C10H13Br2NO2. The predicted molar refractivity (Wildman–Crippen MR) is 68.6 cm³/mol. The van der Waals surface area contributed by atoms with Crippen molar-refractivity contribution in [2.75, 3.05) is 19.0 Å². The Kier molecular flexibility index (Phi) is 4.89. The van der Waals surface area contributed by atoms with E-state index in [1.807, 2.05) is 12.1 Å². The lowest BCUT2D eigenvalue weighted by atomic mass is 10.3. The van der Waals surface area contributed by atoms with Gasteiger partial charge in [0.15, 0.2) is 0 Å². The van der Waals surface area contributed by atoms with Crippen molar-refractivity contribution in [1.82, 2.24) is 0 Å². The third-order valence-electron chi connectivity index (χ3n) is 1.83. The lowest BCUT2D eigenvalue weighted by molar-refractivity contribution is 0.208. The van der Waals surface area contributed by atoms with E-state index in [9.17, 15) is 0 Å². The van der Waals surface area contributed by atoms with Gasteiger partial charge in [0.1, 0.15) is 5.75 Å². The molecule has 0 radical (unpaired) electrons. The zero-order chi connectivity index (χ0) is 11.4. The summed E-state index contributed by atoms with van der Waals surface area (Å²) in [4.78, 5) is 0. The molecule has 84 valence electrons. The molecule has 1 rings (SSSR count). The Hall–Kier alpha value is -0.260. The summed E-state index contributed by atoms with van der Waals surface area (Å²) in [6.45, 7) is 2.24. The van der Waals surface area contributed by atoms with Gasteiger partial charge in [-0.2, -0.15) is 0 Å². The molecule has 1 atom stereocenters. The summed E-state index contributed by atoms with van der Waals surface area (Å²) in [5, 5.41) is 12.3. The standard InChI is InChI=1S/C10H13Br2NO2/c1-6(14)5-13-9-4-10(15-2)8(12)3-7(9)11/h3-4,6,13-14H,5H2,1-2H3/t6-/m1/s1. The highest BCUT2D eigenvalue weighted by atomic mass is 79.9. The van der Waals surface area contributed by atoms with Gasteiger partial charge in [-0.15, -0.1) is 0 Å². The van der Waals surface area contributed by atoms with Crippen molar-refractivity contribution in [3.63, 3.8) is 0 Å². The van der Waals surface area contributed by atoms with E-state index in [1.54, 1.807) is 14.0 Å². The van der Waals surface area contributed by atoms with E-state index in [2.05, 4.69) is 37.2 Å². The van der Waals surface area contributed by atoms with Crippen molar-refractivity contribution >= 4 is 37.5 Å². The number of ether oxygens (including phenoxy) is 1. The minimum absolute atomic E-state index is 0.383. The zero-order valence-electron chi connectivity index (χ0n) is 8.55. The fourth-order valence-corrected chi connectivity index (χ4v) is 2.37. The maximum Gasteiger partial charge on any atom is 0.135 e. The highest BCUT2D eigenvalue weighted by molar-refractivity contribution is 9.11. The molecule has 0 aliphatic rings. The molecule has 5 heteroatoms. The van der Waals surface area contributed by atoms with E-state index in [1.165, 1.54) is 0 Å². The number of hydrogen-bond acceptors (Lipinski definition) is 3. The molecule has 1 aromatic carbocycles. The highest BCUT2D eigenvalue weighted by Crippen LogP contribution is 2.34. The number of nitrogens with one attached hydrogen (secondary N) is 1. The molecule has 0 spiro atoms. The van der Waals surface area contributed by atoms with Crippen LogP contribution in [0.1, 0.15) is 6.92 Å². The smallest absolute Gasteiger partial charge is 0.135 e. The fourth-order valence-electron chi connectivity index (χ4n) is 1.08. The van der Waals surface area contributed by atoms with Gasteiger partial charge < -0.3 is 15.2 Å². The average molecular weight is 339 g/mol. The van der Waals surface area contributed by atoms with Gasteiger partial charge in [-0.25, -0.2) is 0 Å². The van der Waals surface area contributed by atoms with Crippen LogP contribution in [0.15, 0.2) is 21.1 Å². The average Bonchev–Trinajstić information content (AvgIpc) is 2.16. The molecule has 3 nitrogen and oxygen atoms in total. The maximum absolute atomic E-state index is 9.17. The van der Waals surface area contributed by atoms with E-state index >= 15 is 0 Å². The molecule has 1 aromatic rings. The van der Waals surface area contributed by atoms with Crippen molar-refractivity contribution in [2.24, 2.45) is 0 Å². The monoisotopic (exact) mass is 337 g/mol. The number of anilines is 1. The molecule has 0 unspecified atom stereocenters. The highest BCUT2D eigenvalue weighted by Gasteiger charge is 2.07. The Labute approximate surface area is 106 Å². The SMILES string of the molecule is COc1cc(NC[C@@H](C)O)c(Br)cc1Br. The van der Waals surface area contributed by atoms with Crippen LogP contribution in [0, 0.1) is 0 Å². The normalized spacial score (nSPS) is 12.3. The molecule has 0 bridgehead atoms. The van der Waals surface area contributed by atoms with Crippen LogP contribution in [-0.4, -0.2) is 24.9 Å². The Morgan fingerprint density at radius 2 is 2.07 bits per heavy atom. The Balaban J connectivity index is 2.87. The van der Waals surface area contributed by atoms with Gasteiger partial charge >= 0.3 is 0 Å². The number of aliphatic hydroxyl groups excluding tert-OH is 1. The van der Waals surface area contributed by atoms with Gasteiger partial charge in [0.25, 0.3) is 0 Å². The molecule has 15 heavy (non-hydrogen) atoms. The second-order valence-corrected chi connectivity index (χ2v) is 4.91. The van der Waals surface area contributed by atoms with Crippen LogP contribution in [0.2, 0.25) is 0 Å². The second-order valence-electron chi connectivity index (χ2n) is 3.20. The van der Waals surface area contributed by atoms with Gasteiger partial charge in [-0.1, -0.05) is 0 Å². The van der Waals surface area contributed by atoms with Gasteiger partial charge in [0.05, 0.1) is 23.4 Å². The van der Waals surface area contributed by atoms with Crippen LogP contribution in [0.5, 0.6) is 5.75 Å². The molecule has 0 saturated heterocycles. The minimum atomic E-state index is -0.383. The van der Waals surface area contributed by atoms with Crippen LogP contribution >= 0.6 is 31.9 Å². The molecule has 0 aromatic heterocycles. The number of aliphatic hydroxyl groups is 1. The second kappa shape index (κ2) is 5.72. The molecule has 0 aliphatic heterocycles. The van der Waals surface area contributed by atoms with Gasteiger partial charge in [0.2, 0.25) is 0 Å². The zero-order valence-corrected chi connectivity index (χ0v) is 11.7. The number of methoxy groups -OCH3 is 1. The first-order chi connectivity index (χ1) is 7.04. The van der Waals surface area contributed by atoms with Crippen LogP contribution < -0.4 is 10.1 Å². The Morgan fingerprint density at radius 3 is 2.60 bits per heavy atom. The summed E-state index contributed by atoms with van der Waals surface area (Å²) in [7, 11) is 1.62. The van der Waals surface area contributed by atoms with Crippen LogP contribution in [-0.2, 0) is 0 Å². The van der Waals surface area contributed by atoms with Gasteiger partial charge in [-0.05, 0) is 44.8 Å². The Morgan fingerprint density at radius 1 is 1.40 bits per heavy atom. The van der Waals surface area contributed by atoms with Crippen LogP contribution in [0.25, 0.3) is 0 Å². The fraction of sp³-hybridized carbons (Fsp3) is 0.400. The summed E-state index contributed by atoms with van der Waals surface area (Å²) >= 11 is 6.82. The van der Waals surface area contributed by atoms with Crippen LogP contribution in [0.4, 0.5) is 5.69 Å². The summed E-state index contributed by atoms with van der Waals surface area (Å²) in [5.74, 6) is 0.756. The first-order valence-corrected chi connectivity index (χ1v) is 6.08. The molecule has 0 amide bonds. The summed E-state index contributed by atoms with van der Waals surface area (Å²) < 4.78 is 6.99. The first-order valence-electron chi connectivity index (χ1n) is 4.49. The number of halogens is 2. The van der Waals surface area contributed by atoms with Crippen LogP contribution in [0.3, 0.4) is 0 Å². The van der Waals surface area contributed by atoms with E-state index < -0.39 is 0 Å². The molecule has 2 N–H and O–H groups in total. The summed E-state index contributed by atoms with van der Waals surface area (Å²) in [5.41, 5.74) is 0.899. The topological polar surface area (TPSA) is 41.5 Å². The molecule has 0 saturated carbocycles. The van der Waals surface area contributed by atoms with Crippen molar-refractivity contribution in [1.29, 1.82) is 0 Å². The summed E-state index contributed by atoms with van der Waals surface area (Å²) in [6.07, 6.45) is -0.383. The van der Waals surface area contributed by atoms with Crippen molar-refractivity contribution in [3.8, 4) is 5.75 Å².